The Hall–Kier alpha value is -1.09. The van der Waals surface area contributed by atoms with Crippen LogP contribution in [-0.2, 0) is 9.53 Å². The number of allylic oxidation sites excluding steroid dienone is 2. The molecule has 0 aliphatic heterocycles. The molecule has 3 heteroatoms. The third kappa shape index (κ3) is 9.22. The SMILES string of the molecule is CCC(O)C/C=C/C/C=C/CC(=O)OC. The maximum absolute atomic E-state index is 10.7. The van der Waals surface area contributed by atoms with Gasteiger partial charge in [-0.15, -0.1) is 0 Å². The maximum atomic E-state index is 10.7. The molecule has 0 radical (unpaired) electrons. The van der Waals surface area contributed by atoms with Gasteiger partial charge in [0.1, 0.15) is 0 Å². The molecule has 0 heterocycles. The van der Waals surface area contributed by atoms with Crippen molar-refractivity contribution in [2.24, 2.45) is 0 Å². The molecule has 0 bridgehead atoms. The Morgan fingerprint density at radius 3 is 2.60 bits per heavy atom. The normalized spacial score (nSPS) is 13.5. The van der Waals surface area contributed by atoms with Crippen LogP contribution in [0.1, 0.15) is 32.6 Å². The lowest BCUT2D eigenvalue weighted by Gasteiger charge is -2.00. The zero-order valence-corrected chi connectivity index (χ0v) is 9.48. The van der Waals surface area contributed by atoms with Gasteiger partial charge in [-0.3, -0.25) is 4.79 Å². The molecule has 0 amide bonds. The van der Waals surface area contributed by atoms with Crippen LogP contribution in [0.3, 0.4) is 0 Å². The number of aliphatic hydroxyl groups is 1. The van der Waals surface area contributed by atoms with Gasteiger partial charge in [-0.05, 0) is 19.3 Å². The van der Waals surface area contributed by atoms with E-state index in [9.17, 15) is 9.90 Å². The molecule has 0 saturated heterocycles. The second kappa shape index (κ2) is 9.46. The van der Waals surface area contributed by atoms with Gasteiger partial charge in [0.05, 0.1) is 19.6 Å². The monoisotopic (exact) mass is 212 g/mol. The predicted octanol–water partition coefficient (Wildman–Crippen LogP) is 2.21. The number of methoxy groups -OCH3 is 1. The molecule has 0 aromatic carbocycles. The number of carbonyl (C=O) groups is 1. The molecule has 0 aromatic heterocycles. The standard InChI is InChI=1S/C12H20O3/c1-3-11(13)9-7-5-4-6-8-10-12(14)15-2/h5-8,11,13H,3-4,9-10H2,1-2H3/b7-5+,8-6+. The quantitative estimate of drug-likeness (QED) is 0.520. The highest BCUT2D eigenvalue weighted by molar-refractivity contribution is 5.70. The zero-order chi connectivity index (χ0) is 11.5. The van der Waals surface area contributed by atoms with Gasteiger partial charge in [-0.1, -0.05) is 31.2 Å². The number of hydrogen-bond acceptors (Lipinski definition) is 3. The van der Waals surface area contributed by atoms with Gasteiger partial charge in [-0.25, -0.2) is 0 Å². The summed E-state index contributed by atoms with van der Waals surface area (Å²) >= 11 is 0. The van der Waals surface area contributed by atoms with Gasteiger partial charge in [-0.2, -0.15) is 0 Å². The number of rotatable bonds is 7. The number of carbonyl (C=O) groups excluding carboxylic acids is 1. The van der Waals surface area contributed by atoms with Crippen molar-refractivity contribution in [2.75, 3.05) is 7.11 Å². The summed E-state index contributed by atoms with van der Waals surface area (Å²) in [5, 5.41) is 9.23. The lowest BCUT2D eigenvalue weighted by atomic mass is 10.2. The summed E-state index contributed by atoms with van der Waals surface area (Å²) in [5.74, 6) is -0.225. The minimum Gasteiger partial charge on any atom is -0.469 e. The second-order valence-electron chi connectivity index (χ2n) is 3.26. The van der Waals surface area contributed by atoms with E-state index in [-0.39, 0.29) is 12.1 Å². The van der Waals surface area contributed by atoms with Crippen LogP contribution in [-0.4, -0.2) is 24.3 Å². The van der Waals surface area contributed by atoms with Crippen LogP contribution in [0.15, 0.2) is 24.3 Å². The summed E-state index contributed by atoms with van der Waals surface area (Å²) in [6, 6.07) is 0. The van der Waals surface area contributed by atoms with Crippen molar-refractivity contribution in [3.8, 4) is 0 Å². The first kappa shape index (κ1) is 13.9. The van der Waals surface area contributed by atoms with Gasteiger partial charge in [0, 0.05) is 0 Å². The highest BCUT2D eigenvalue weighted by atomic mass is 16.5. The average molecular weight is 212 g/mol. The van der Waals surface area contributed by atoms with Crippen molar-refractivity contribution in [3.05, 3.63) is 24.3 Å². The first-order chi connectivity index (χ1) is 7.20. The van der Waals surface area contributed by atoms with E-state index in [4.69, 9.17) is 0 Å². The fourth-order valence-electron chi connectivity index (χ4n) is 0.954. The van der Waals surface area contributed by atoms with Crippen LogP contribution < -0.4 is 0 Å². The van der Waals surface area contributed by atoms with Crippen LogP contribution in [0, 0.1) is 0 Å². The third-order valence-corrected chi connectivity index (χ3v) is 2.00. The average Bonchev–Trinajstić information content (AvgIpc) is 2.26. The Labute approximate surface area is 91.4 Å². The van der Waals surface area contributed by atoms with Crippen molar-refractivity contribution in [2.45, 2.75) is 38.7 Å². The molecule has 0 aliphatic rings. The first-order valence-corrected chi connectivity index (χ1v) is 5.25. The van der Waals surface area contributed by atoms with Gasteiger partial charge >= 0.3 is 5.97 Å². The molecule has 0 saturated carbocycles. The highest BCUT2D eigenvalue weighted by Crippen LogP contribution is 1.99. The lowest BCUT2D eigenvalue weighted by Crippen LogP contribution is -2.00. The van der Waals surface area contributed by atoms with Crippen LogP contribution in [0.25, 0.3) is 0 Å². The molecule has 0 spiro atoms. The van der Waals surface area contributed by atoms with Gasteiger partial charge in [0.2, 0.25) is 0 Å². The topological polar surface area (TPSA) is 46.5 Å². The Bertz CT molecular complexity index is 219. The van der Waals surface area contributed by atoms with E-state index in [0.29, 0.717) is 12.8 Å². The third-order valence-electron chi connectivity index (χ3n) is 2.00. The number of ether oxygens (including phenoxy) is 1. The Balaban J connectivity index is 3.48. The number of esters is 1. The number of hydrogen-bond donors (Lipinski definition) is 1. The summed E-state index contributed by atoms with van der Waals surface area (Å²) in [6.45, 7) is 1.95. The van der Waals surface area contributed by atoms with Crippen LogP contribution in [0.5, 0.6) is 0 Å². The van der Waals surface area contributed by atoms with Crippen LogP contribution in [0.4, 0.5) is 0 Å². The number of aliphatic hydroxyl groups excluding tert-OH is 1. The Kier molecular flexibility index (Phi) is 8.78. The summed E-state index contributed by atoms with van der Waals surface area (Å²) < 4.78 is 4.48. The highest BCUT2D eigenvalue weighted by Gasteiger charge is 1.94. The van der Waals surface area contributed by atoms with Crippen LogP contribution in [0.2, 0.25) is 0 Å². The Morgan fingerprint density at radius 2 is 2.00 bits per heavy atom. The summed E-state index contributed by atoms with van der Waals surface area (Å²) in [4.78, 5) is 10.7. The molecular weight excluding hydrogens is 192 g/mol. The smallest absolute Gasteiger partial charge is 0.309 e. The van der Waals surface area contributed by atoms with Crippen molar-refractivity contribution in [1.82, 2.24) is 0 Å². The van der Waals surface area contributed by atoms with Crippen LogP contribution >= 0.6 is 0 Å². The Morgan fingerprint density at radius 1 is 1.33 bits per heavy atom. The van der Waals surface area contributed by atoms with E-state index in [1.165, 1.54) is 7.11 Å². The molecule has 15 heavy (non-hydrogen) atoms. The zero-order valence-electron chi connectivity index (χ0n) is 9.48. The van der Waals surface area contributed by atoms with Gasteiger partial charge in [0.15, 0.2) is 0 Å². The minimum absolute atomic E-state index is 0.225. The van der Waals surface area contributed by atoms with E-state index >= 15 is 0 Å². The summed E-state index contributed by atoms with van der Waals surface area (Å²) in [5.41, 5.74) is 0. The summed E-state index contributed by atoms with van der Waals surface area (Å²) in [6.07, 6.45) is 9.97. The summed E-state index contributed by atoms with van der Waals surface area (Å²) in [7, 11) is 1.38. The van der Waals surface area contributed by atoms with E-state index < -0.39 is 0 Å². The van der Waals surface area contributed by atoms with E-state index in [1.54, 1.807) is 6.08 Å². The second-order valence-corrected chi connectivity index (χ2v) is 3.26. The predicted molar refractivity (Wildman–Crippen MR) is 60.4 cm³/mol. The van der Waals surface area contributed by atoms with E-state index in [2.05, 4.69) is 4.74 Å². The minimum atomic E-state index is -0.236. The fraction of sp³-hybridized carbons (Fsp3) is 0.583. The molecule has 86 valence electrons. The molecule has 1 N–H and O–H groups in total. The van der Waals surface area contributed by atoms with Crippen molar-refractivity contribution >= 4 is 5.97 Å². The molecule has 3 nitrogen and oxygen atoms in total. The van der Waals surface area contributed by atoms with Gasteiger partial charge in [0.25, 0.3) is 0 Å². The van der Waals surface area contributed by atoms with Crippen molar-refractivity contribution < 1.29 is 14.6 Å². The van der Waals surface area contributed by atoms with E-state index in [1.807, 2.05) is 25.2 Å². The van der Waals surface area contributed by atoms with E-state index in [0.717, 1.165) is 12.8 Å². The molecule has 1 atom stereocenters. The van der Waals surface area contributed by atoms with Crippen molar-refractivity contribution in [3.63, 3.8) is 0 Å². The molecule has 0 rings (SSSR count). The molecule has 0 fully saturated rings. The molecule has 0 aromatic rings. The first-order valence-electron chi connectivity index (χ1n) is 5.25. The van der Waals surface area contributed by atoms with Crippen molar-refractivity contribution in [1.29, 1.82) is 0 Å². The largest absolute Gasteiger partial charge is 0.469 e. The molecular formula is C12H20O3. The maximum Gasteiger partial charge on any atom is 0.309 e. The lowest BCUT2D eigenvalue weighted by molar-refractivity contribution is -0.139. The fourth-order valence-corrected chi connectivity index (χ4v) is 0.954. The molecule has 0 aliphatic carbocycles. The molecule has 1 unspecified atom stereocenters. The van der Waals surface area contributed by atoms with Gasteiger partial charge < -0.3 is 9.84 Å².